The zero-order valence-electron chi connectivity index (χ0n) is 19.5. The van der Waals surface area contributed by atoms with Gasteiger partial charge >= 0.3 is 0 Å². The predicted molar refractivity (Wildman–Crippen MR) is 135 cm³/mol. The molecule has 0 aliphatic carbocycles. The van der Waals surface area contributed by atoms with E-state index in [9.17, 15) is 9.59 Å². The summed E-state index contributed by atoms with van der Waals surface area (Å²) in [6.07, 6.45) is 7.39. The number of carbonyl (C=O) groups is 2. The minimum atomic E-state index is -0.0162. The summed E-state index contributed by atoms with van der Waals surface area (Å²) in [6.45, 7) is 6.44. The Morgan fingerprint density at radius 1 is 1.03 bits per heavy atom. The lowest BCUT2D eigenvalue weighted by Gasteiger charge is -2.37. The maximum atomic E-state index is 13.0. The number of piperidine rings is 2. The van der Waals surface area contributed by atoms with Crippen molar-refractivity contribution in [2.75, 3.05) is 32.7 Å². The van der Waals surface area contributed by atoms with E-state index in [4.69, 9.17) is 0 Å². The Labute approximate surface area is 201 Å². The Morgan fingerprint density at radius 3 is 2.42 bits per heavy atom. The Kier molecular flexibility index (Phi) is 8.35. The molecule has 0 saturated carbocycles. The van der Waals surface area contributed by atoms with Crippen LogP contribution in [-0.4, -0.2) is 54.3 Å². The van der Waals surface area contributed by atoms with Crippen molar-refractivity contribution >= 4 is 29.2 Å². The molecule has 2 aliphatic heterocycles. The van der Waals surface area contributed by atoms with E-state index >= 15 is 0 Å². The second kappa shape index (κ2) is 11.6. The lowest BCUT2D eigenvalue weighted by atomic mass is 9.95. The van der Waals surface area contributed by atoms with E-state index in [0.29, 0.717) is 19.6 Å². The molecule has 0 radical (unpaired) electrons. The second-order valence-corrected chi connectivity index (χ2v) is 10.3. The summed E-state index contributed by atoms with van der Waals surface area (Å²) in [5, 5.41) is 5.37. The summed E-state index contributed by atoms with van der Waals surface area (Å²) in [5.41, 5.74) is 1.02. The number of hydrogen-bond donors (Lipinski definition) is 1. The number of thiophene rings is 1. The van der Waals surface area contributed by atoms with Crippen LogP contribution in [0.3, 0.4) is 0 Å². The largest absolute Gasteiger partial charge is 0.354 e. The molecule has 33 heavy (non-hydrogen) atoms. The zero-order valence-corrected chi connectivity index (χ0v) is 20.3. The molecule has 1 N–H and O–H groups in total. The smallest absolute Gasteiger partial charge is 0.246 e. The van der Waals surface area contributed by atoms with Crippen LogP contribution in [0.2, 0.25) is 0 Å². The van der Waals surface area contributed by atoms with Gasteiger partial charge in [0.1, 0.15) is 0 Å². The number of nitrogens with one attached hydrogen (secondary N) is 1. The molecule has 2 fully saturated rings. The number of benzene rings is 1. The van der Waals surface area contributed by atoms with Crippen LogP contribution in [0.1, 0.15) is 49.1 Å². The lowest BCUT2D eigenvalue weighted by Crippen LogP contribution is -2.45. The lowest BCUT2D eigenvalue weighted by molar-refractivity contribution is -0.132. The molecular formula is C27H35N3O2S. The van der Waals surface area contributed by atoms with E-state index in [0.717, 1.165) is 37.4 Å². The molecule has 2 saturated heterocycles. The highest BCUT2D eigenvalue weighted by Gasteiger charge is 2.29. The topological polar surface area (TPSA) is 52.7 Å². The van der Waals surface area contributed by atoms with Crippen LogP contribution in [0.25, 0.3) is 6.08 Å². The van der Waals surface area contributed by atoms with Crippen molar-refractivity contribution < 1.29 is 9.59 Å². The molecule has 2 aromatic rings. The van der Waals surface area contributed by atoms with Crippen LogP contribution >= 0.6 is 11.3 Å². The first-order valence-electron chi connectivity index (χ1n) is 12.2. The Bertz CT molecular complexity index is 912. The third kappa shape index (κ3) is 6.55. The Hall–Kier alpha value is -2.44. The summed E-state index contributed by atoms with van der Waals surface area (Å²) in [6, 6.07) is 14.4. The third-order valence-corrected chi connectivity index (χ3v) is 7.97. The Balaban J connectivity index is 1.26. The van der Waals surface area contributed by atoms with Crippen molar-refractivity contribution in [2.45, 2.75) is 38.6 Å². The minimum Gasteiger partial charge on any atom is -0.354 e. The molecule has 1 atom stereocenters. The van der Waals surface area contributed by atoms with Crippen molar-refractivity contribution in [3.8, 4) is 0 Å². The Morgan fingerprint density at radius 2 is 1.76 bits per heavy atom. The van der Waals surface area contributed by atoms with Crippen molar-refractivity contribution in [3.05, 3.63) is 64.4 Å². The van der Waals surface area contributed by atoms with Gasteiger partial charge in [-0.1, -0.05) is 43.3 Å². The van der Waals surface area contributed by atoms with E-state index in [1.165, 1.54) is 17.7 Å². The molecule has 1 aromatic carbocycles. The molecule has 4 rings (SSSR count). The number of likely N-dealkylation sites (tertiary alicyclic amines) is 2. The van der Waals surface area contributed by atoms with Gasteiger partial charge in [0.05, 0.1) is 6.04 Å². The SMILES string of the molecule is CC1CCN(C(CNC(=O)C2CCN(C(=O)/C=C/c3ccccc3)CC2)c2cccs2)CC1. The fourth-order valence-corrected chi connectivity index (χ4v) is 5.63. The van der Waals surface area contributed by atoms with Crippen LogP contribution in [0.5, 0.6) is 0 Å². The average molecular weight is 466 g/mol. The zero-order chi connectivity index (χ0) is 23.0. The molecule has 2 amide bonds. The minimum absolute atomic E-state index is 0.0162. The fraction of sp³-hybridized carbons (Fsp3) is 0.481. The first kappa shape index (κ1) is 23.7. The highest BCUT2D eigenvalue weighted by molar-refractivity contribution is 7.10. The normalized spacial score (nSPS) is 19.6. The van der Waals surface area contributed by atoms with Gasteiger partial charge in [-0.3, -0.25) is 14.5 Å². The van der Waals surface area contributed by atoms with E-state index in [1.807, 2.05) is 41.3 Å². The van der Waals surface area contributed by atoms with Gasteiger partial charge in [-0.15, -0.1) is 11.3 Å². The standard InChI is InChI=1S/C27H35N3O2S/c1-21-11-15-29(16-12-21)24(25-8-5-19-33-25)20-28-27(32)23-13-17-30(18-14-23)26(31)10-9-22-6-3-2-4-7-22/h2-10,19,21,23-24H,11-18,20H2,1H3,(H,28,32)/b10-9+. The van der Waals surface area contributed by atoms with Crippen molar-refractivity contribution in [2.24, 2.45) is 11.8 Å². The van der Waals surface area contributed by atoms with Crippen molar-refractivity contribution in [3.63, 3.8) is 0 Å². The second-order valence-electron chi connectivity index (χ2n) is 9.34. The van der Waals surface area contributed by atoms with Gasteiger partial charge in [0.2, 0.25) is 11.8 Å². The van der Waals surface area contributed by atoms with Crippen molar-refractivity contribution in [1.29, 1.82) is 0 Å². The van der Waals surface area contributed by atoms with Crippen molar-refractivity contribution in [1.82, 2.24) is 15.1 Å². The number of hydrogen-bond acceptors (Lipinski definition) is 4. The summed E-state index contributed by atoms with van der Waals surface area (Å²) in [7, 11) is 0. The monoisotopic (exact) mass is 465 g/mol. The van der Waals surface area contributed by atoms with Crippen LogP contribution in [0.4, 0.5) is 0 Å². The summed E-state index contributed by atoms with van der Waals surface area (Å²) in [4.78, 5) is 31.2. The van der Waals surface area contributed by atoms with Gasteiger partial charge < -0.3 is 10.2 Å². The predicted octanol–water partition coefficient (Wildman–Crippen LogP) is 4.59. The highest BCUT2D eigenvalue weighted by Crippen LogP contribution is 2.29. The number of rotatable bonds is 7. The van der Waals surface area contributed by atoms with Crippen LogP contribution in [-0.2, 0) is 9.59 Å². The van der Waals surface area contributed by atoms with Gasteiger partial charge in [0.15, 0.2) is 0 Å². The molecule has 1 unspecified atom stereocenters. The van der Waals surface area contributed by atoms with E-state index in [1.54, 1.807) is 17.4 Å². The molecule has 3 heterocycles. The van der Waals surface area contributed by atoms with E-state index in [-0.39, 0.29) is 23.8 Å². The van der Waals surface area contributed by atoms with E-state index < -0.39 is 0 Å². The van der Waals surface area contributed by atoms with E-state index in [2.05, 4.69) is 34.7 Å². The number of amides is 2. The van der Waals surface area contributed by atoms with Gasteiger partial charge in [-0.2, -0.15) is 0 Å². The molecule has 6 heteroatoms. The average Bonchev–Trinajstić information content (AvgIpc) is 3.39. The van der Waals surface area contributed by atoms with Gasteiger partial charge in [-0.25, -0.2) is 0 Å². The maximum absolute atomic E-state index is 13.0. The first-order chi connectivity index (χ1) is 16.1. The molecule has 0 bridgehead atoms. The third-order valence-electron chi connectivity index (χ3n) is 7.00. The molecule has 0 spiro atoms. The molecule has 176 valence electrons. The summed E-state index contributed by atoms with van der Waals surface area (Å²) in [5.74, 6) is 0.927. The maximum Gasteiger partial charge on any atom is 0.246 e. The summed E-state index contributed by atoms with van der Waals surface area (Å²) < 4.78 is 0. The van der Waals surface area contributed by atoms with Gasteiger partial charge in [0, 0.05) is 36.5 Å². The first-order valence-corrected chi connectivity index (χ1v) is 13.1. The number of carbonyl (C=O) groups excluding carboxylic acids is 2. The van der Waals surface area contributed by atoms with Gasteiger partial charge in [-0.05, 0) is 67.8 Å². The van der Waals surface area contributed by atoms with Gasteiger partial charge in [0.25, 0.3) is 0 Å². The number of nitrogens with zero attached hydrogens (tertiary/aromatic N) is 2. The van der Waals surface area contributed by atoms with Crippen LogP contribution in [0.15, 0.2) is 53.9 Å². The molecule has 1 aromatic heterocycles. The molecular weight excluding hydrogens is 430 g/mol. The highest BCUT2D eigenvalue weighted by atomic mass is 32.1. The van der Waals surface area contributed by atoms with Crippen LogP contribution < -0.4 is 5.32 Å². The van der Waals surface area contributed by atoms with Crippen LogP contribution in [0, 0.1) is 11.8 Å². The quantitative estimate of drug-likeness (QED) is 0.609. The molecule has 5 nitrogen and oxygen atoms in total. The summed E-state index contributed by atoms with van der Waals surface area (Å²) >= 11 is 1.78. The fourth-order valence-electron chi connectivity index (χ4n) is 4.77. The molecule has 2 aliphatic rings.